The number of carbonyl (C=O) groups is 1. The van der Waals surface area contributed by atoms with Crippen LogP contribution in [0.15, 0.2) is 6.20 Å². The highest BCUT2D eigenvalue weighted by Gasteiger charge is 2.26. The lowest BCUT2D eigenvalue weighted by Crippen LogP contribution is -2.38. The van der Waals surface area contributed by atoms with Crippen molar-refractivity contribution in [3.8, 4) is 0 Å². The van der Waals surface area contributed by atoms with E-state index in [1.165, 1.54) is 12.0 Å². The van der Waals surface area contributed by atoms with E-state index < -0.39 is 0 Å². The lowest BCUT2D eigenvalue weighted by atomic mass is 9.98. The van der Waals surface area contributed by atoms with Crippen molar-refractivity contribution in [2.24, 2.45) is 0 Å². The Labute approximate surface area is 172 Å². The molecule has 156 valence electrons. The second-order valence-electron chi connectivity index (χ2n) is 8.60. The maximum atomic E-state index is 12.9. The van der Waals surface area contributed by atoms with Crippen molar-refractivity contribution in [3.63, 3.8) is 0 Å². The van der Waals surface area contributed by atoms with Crippen LogP contribution in [0.1, 0.15) is 72.2 Å². The number of fused-ring (bicyclic) bond motifs is 1. The van der Waals surface area contributed by atoms with Gasteiger partial charge in [-0.15, -0.1) is 0 Å². The molecule has 0 unspecified atom stereocenters. The summed E-state index contributed by atoms with van der Waals surface area (Å²) in [5, 5.41) is 8.05. The normalized spacial score (nSPS) is 20.4. The van der Waals surface area contributed by atoms with Gasteiger partial charge in [-0.25, -0.2) is 9.97 Å². The zero-order valence-electron chi connectivity index (χ0n) is 18.0. The van der Waals surface area contributed by atoms with E-state index in [1.807, 2.05) is 22.7 Å². The molecule has 0 bridgehead atoms. The molecule has 0 radical (unpaired) electrons. The maximum Gasteiger partial charge on any atom is 0.225 e. The Morgan fingerprint density at radius 1 is 1.34 bits per heavy atom. The third-order valence-corrected chi connectivity index (χ3v) is 6.54. The summed E-state index contributed by atoms with van der Waals surface area (Å²) in [6.07, 6.45) is 5.55. The van der Waals surface area contributed by atoms with Crippen LogP contribution in [-0.2, 0) is 17.8 Å². The predicted octanol–water partition coefficient (Wildman–Crippen LogP) is 2.60. The first-order valence-corrected chi connectivity index (χ1v) is 10.8. The summed E-state index contributed by atoms with van der Waals surface area (Å²) >= 11 is 0. The van der Waals surface area contributed by atoms with Crippen molar-refractivity contribution in [2.45, 2.75) is 71.9 Å². The van der Waals surface area contributed by atoms with Gasteiger partial charge in [0.05, 0.1) is 17.4 Å². The Morgan fingerprint density at radius 3 is 2.86 bits per heavy atom. The van der Waals surface area contributed by atoms with Gasteiger partial charge in [0.2, 0.25) is 5.91 Å². The number of amides is 1. The van der Waals surface area contributed by atoms with Gasteiger partial charge < -0.3 is 10.2 Å². The summed E-state index contributed by atoms with van der Waals surface area (Å²) in [6, 6.07) is 0.0497. The molecular weight excluding hydrogens is 364 g/mol. The minimum atomic E-state index is 0.0497. The Kier molecular flexibility index (Phi) is 5.67. The van der Waals surface area contributed by atoms with E-state index in [1.54, 1.807) is 0 Å². The maximum absolute atomic E-state index is 12.9. The Hall–Kier alpha value is -2.28. The smallest absolute Gasteiger partial charge is 0.225 e. The van der Waals surface area contributed by atoms with Gasteiger partial charge in [0.1, 0.15) is 5.82 Å². The number of hydrogen-bond acceptors (Lipinski definition) is 5. The molecule has 2 aromatic heterocycles. The zero-order chi connectivity index (χ0) is 20.5. The largest absolute Gasteiger partial charge is 0.338 e. The highest BCUT2D eigenvalue weighted by molar-refractivity contribution is 5.77. The number of hydrogen-bond donors (Lipinski definition) is 1. The third-order valence-electron chi connectivity index (χ3n) is 6.54. The minimum Gasteiger partial charge on any atom is -0.338 e. The van der Waals surface area contributed by atoms with Gasteiger partial charge in [-0.2, -0.15) is 5.10 Å². The van der Waals surface area contributed by atoms with E-state index in [-0.39, 0.29) is 11.9 Å². The average Bonchev–Trinajstić information content (AvgIpc) is 3.01. The molecule has 1 saturated heterocycles. The summed E-state index contributed by atoms with van der Waals surface area (Å²) in [5.74, 6) is 1.55. The van der Waals surface area contributed by atoms with Crippen molar-refractivity contribution in [2.75, 3.05) is 19.6 Å². The predicted molar refractivity (Wildman–Crippen MR) is 112 cm³/mol. The van der Waals surface area contributed by atoms with Crippen LogP contribution in [0.5, 0.6) is 0 Å². The van der Waals surface area contributed by atoms with Gasteiger partial charge in [0, 0.05) is 55.8 Å². The summed E-state index contributed by atoms with van der Waals surface area (Å²) < 4.78 is 1.99. The van der Waals surface area contributed by atoms with E-state index >= 15 is 0 Å². The van der Waals surface area contributed by atoms with Crippen LogP contribution < -0.4 is 5.32 Å². The average molecular weight is 397 g/mol. The molecular formula is C22H32N6O. The fourth-order valence-corrected chi connectivity index (χ4v) is 4.46. The van der Waals surface area contributed by atoms with Crippen LogP contribution in [0, 0.1) is 20.8 Å². The van der Waals surface area contributed by atoms with Gasteiger partial charge >= 0.3 is 0 Å². The van der Waals surface area contributed by atoms with Gasteiger partial charge in [0.15, 0.2) is 0 Å². The van der Waals surface area contributed by atoms with Crippen molar-refractivity contribution in [3.05, 3.63) is 40.2 Å². The van der Waals surface area contributed by atoms with Crippen molar-refractivity contribution < 1.29 is 4.79 Å². The molecule has 2 aliphatic heterocycles. The number of rotatable bonds is 4. The van der Waals surface area contributed by atoms with E-state index in [0.717, 1.165) is 60.9 Å². The number of piperidine rings is 1. The first-order valence-electron chi connectivity index (χ1n) is 10.8. The molecule has 2 aromatic rings. The Morgan fingerprint density at radius 2 is 2.17 bits per heavy atom. The second kappa shape index (κ2) is 8.22. The summed E-state index contributed by atoms with van der Waals surface area (Å²) in [7, 11) is 0. The molecule has 7 heteroatoms. The number of nitrogens with zero attached hydrogens (tertiary/aromatic N) is 5. The molecule has 0 saturated carbocycles. The molecule has 1 N–H and O–H groups in total. The molecule has 0 spiro atoms. The van der Waals surface area contributed by atoms with Gasteiger partial charge in [-0.3, -0.25) is 9.48 Å². The van der Waals surface area contributed by atoms with E-state index in [4.69, 9.17) is 4.98 Å². The van der Waals surface area contributed by atoms with Crippen molar-refractivity contribution in [1.82, 2.24) is 30.0 Å². The van der Waals surface area contributed by atoms with Gasteiger partial charge in [-0.1, -0.05) is 0 Å². The standard InChI is InChI=1S/C22H32N6O/c1-14(28-17(4)15(2)16(3)26-28)10-21(29)27-9-7-20-19(13-27)12-24-22(25-20)18-6-5-8-23-11-18/h12,14,18,23H,5-11,13H2,1-4H3/t14-,18-/m1/s1. The number of aryl methyl sites for hydroxylation is 1. The van der Waals surface area contributed by atoms with E-state index in [9.17, 15) is 4.79 Å². The molecule has 29 heavy (non-hydrogen) atoms. The number of nitrogens with one attached hydrogen (secondary N) is 1. The molecule has 4 rings (SSSR count). The second-order valence-corrected chi connectivity index (χ2v) is 8.60. The SMILES string of the molecule is Cc1nn([C@H](C)CC(=O)N2CCc3nc([C@@H]4CCCNC4)ncc3C2)c(C)c1C. The van der Waals surface area contributed by atoms with Gasteiger partial charge in [-0.05, 0) is 52.6 Å². The van der Waals surface area contributed by atoms with Crippen LogP contribution in [0.25, 0.3) is 0 Å². The molecule has 1 amide bonds. The lowest BCUT2D eigenvalue weighted by molar-refractivity contribution is -0.133. The molecule has 0 aliphatic carbocycles. The topological polar surface area (TPSA) is 75.9 Å². The first-order chi connectivity index (χ1) is 13.9. The molecule has 7 nitrogen and oxygen atoms in total. The number of aromatic nitrogens is 4. The summed E-state index contributed by atoms with van der Waals surface area (Å²) in [5.41, 5.74) is 5.59. The van der Waals surface area contributed by atoms with E-state index in [0.29, 0.717) is 18.9 Å². The lowest BCUT2D eigenvalue weighted by Gasteiger charge is -2.30. The van der Waals surface area contributed by atoms with Crippen LogP contribution in [0.2, 0.25) is 0 Å². The van der Waals surface area contributed by atoms with Crippen LogP contribution >= 0.6 is 0 Å². The molecule has 2 atom stereocenters. The van der Waals surface area contributed by atoms with Gasteiger partial charge in [0.25, 0.3) is 0 Å². The minimum absolute atomic E-state index is 0.0497. The fourth-order valence-electron chi connectivity index (χ4n) is 4.46. The summed E-state index contributed by atoms with van der Waals surface area (Å²) in [6.45, 7) is 11.6. The zero-order valence-corrected chi connectivity index (χ0v) is 18.0. The Bertz CT molecular complexity index is 899. The molecule has 1 fully saturated rings. The first kappa shape index (κ1) is 20.0. The monoisotopic (exact) mass is 396 g/mol. The molecule has 0 aromatic carbocycles. The van der Waals surface area contributed by atoms with Crippen LogP contribution in [0.3, 0.4) is 0 Å². The van der Waals surface area contributed by atoms with Crippen LogP contribution in [-0.4, -0.2) is 50.2 Å². The highest BCUT2D eigenvalue weighted by Crippen LogP contribution is 2.25. The fraction of sp³-hybridized carbons (Fsp3) is 0.636. The molecule has 4 heterocycles. The Balaban J connectivity index is 1.41. The quantitative estimate of drug-likeness (QED) is 0.860. The highest BCUT2D eigenvalue weighted by atomic mass is 16.2. The van der Waals surface area contributed by atoms with Crippen molar-refractivity contribution >= 4 is 5.91 Å². The summed E-state index contributed by atoms with van der Waals surface area (Å²) in [4.78, 5) is 24.4. The van der Waals surface area contributed by atoms with Crippen LogP contribution in [0.4, 0.5) is 0 Å². The van der Waals surface area contributed by atoms with Crippen molar-refractivity contribution in [1.29, 1.82) is 0 Å². The number of carbonyl (C=O) groups excluding carboxylic acids is 1. The molecule has 2 aliphatic rings. The van der Waals surface area contributed by atoms with E-state index in [2.05, 4.69) is 36.2 Å². The third kappa shape index (κ3) is 4.06.